The van der Waals surface area contributed by atoms with E-state index in [0.717, 1.165) is 34.4 Å². The summed E-state index contributed by atoms with van der Waals surface area (Å²) >= 11 is 6.71. The Hall–Kier alpha value is -2.97. The summed E-state index contributed by atoms with van der Waals surface area (Å²) in [6.45, 7) is 0.560. The van der Waals surface area contributed by atoms with Crippen LogP contribution >= 0.6 is 23.6 Å². The number of nitrogens with zero attached hydrogens (tertiary/aromatic N) is 2. The Morgan fingerprint density at radius 1 is 1.23 bits per heavy atom. The van der Waals surface area contributed by atoms with E-state index < -0.39 is 5.97 Å². The van der Waals surface area contributed by atoms with Gasteiger partial charge in [-0.2, -0.15) is 0 Å². The van der Waals surface area contributed by atoms with E-state index in [1.54, 1.807) is 16.9 Å². The van der Waals surface area contributed by atoms with Crippen LogP contribution in [0.2, 0.25) is 0 Å². The van der Waals surface area contributed by atoms with Crippen LogP contribution in [0.5, 0.6) is 5.88 Å². The van der Waals surface area contributed by atoms with Crippen LogP contribution in [-0.4, -0.2) is 27.0 Å². The summed E-state index contributed by atoms with van der Waals surface area (Å²) in [5.41, 5.74) is 2.29. The van der Waals surface area contributed by atoms with E-state index in [1.165, 1.54) is 11.3 Å². The summed E-state index contributed by atoms with van der Waals surface area (Å²) in [6.07, 6.45) is 7.83. The molecule has 0 saturated carbocycles. The molecule has 2 aromatic heterocycles. The van der Waals surface area contributed by atoms with Gasteiger partial charge in [0.2, 0.25) is 5.88 Å². The van der Waals surface area contributed by atoms with Gasteiger partial charge in [0.15, 0.2) is 3.95 Å². The molecule has 0 fully saturated rings. The molecule has 3 heterocycles. The second-order valence-electron chi connectivity index (χ2n) is 6.94. The predicted octanol–water partition coefficient (Wildman–Crippen LogP) is 3.83. The third-order valence-electron chi connectivity index (χ3n) is 4.87. The molecular formula is C22H20N2O4S2. The molecule has 0 spiro atoms. The number of hydrogen-bond donors (Lipinski definition) is 2. The summed E-state index contributed by atoms with van der Waals surface area (Å²) in [5.74, 6) is -0.672. The minimum Gasteiger partial charge on any atom is -0.493 e. The van der Waals surface area contributed by atoms with Gasteiger partial charge < -0.3 is 14.6 Å². The Bertz CT molecular complexity index is 1400. The van der Waals surface area contributed by atoms with E-state index in [2.05, 4.69) is 4.99 Å². The maximum absolute atomic E-state index is 10.6. The predicted molar refractivity (Wildman–Crippen MR) is 119 cm³/mol. The first-order valence-corrected chi connectivity index (χ1v) is 10.8. The number of fused-ring (bicyclic) bond motifs is 1. The average Bonchev–Trinajstić information content (AvgIpc) is 3.43. The first-order valence-electron chi connectivity index (χ1n) is 9.62. The lowest BCUT2D eigenvalue weighted by atomic mass is 10.2. The number of aromatic nitrogens is 1. The van der Waals surface area contributed by atoms with Crippen molar-refractivity contribution in [1.29, 1.82) is 0 Å². The minimum atomic E-state index is -0.787. The summed E-state index contributed by atoms with van der Waals surface area (Å²) in [6, 6.07) is 9.68. The standard InChI is InChI=1S/C22H20N2O4S2/c25-20(26)7-2-1-3-12-24-21(27)19(30-22(24)29)13-14-8-9-18(28-14)16-5-4-6-17-15(16)10-11-23-17/h4-6,8-11,13,27H,1-3,7,12H2,(H,25,26)/b14-13-,18-16-. The average molecular weight is 441 g/mol. The molecular weight excluding hydrogens is 420 g/mol. The van der Waals surface area contributed by atoms with Crippen LogP contribution < -0.4 is 10.6 Å². The fraction of sp³-hybridized carbons (Fsp3) is 0.227. The summed E-state index contributed by atoms with van der Waals surface area (Å²) in [5, 5.41) is 21.3. The second-order valence-corrected chi connectivity index (χ2v) is 8.62. The summed E-state index contributed by atoms with van der Waals surface area (Å²) in [4.78, 5) is 15.5. The third-order valence-corrected chi connectivity index (χ3v) is 6.26. The molecule has 6 nitrogen and oxygen atoms in total. The van der Waals surface area contributed by atoms with Crippen LogP contribution in [0.25, 0.3) is 12.2 Å². The molecule has 154 valence electrons. The Balaban J connectivity index is 1.60. The van der Waals surface area contributed by atoms with Gasteiger partial charge in [0.25, 0.3) is 0 Å². The van der Waals surface area contributed by atoms with Crippen molar-refractivity contribution < 1.29 is 19.4 Å². The van der Waals surface area contributed by atoms with Crippen LogP contribution in [0.1, 0.15) is 30.6 Å². The number of hydrogen-bond acceptors (Lipinski definition) is 6. The van der Waals surface area contributed by atoms with Gasteiger partial charge in [-0.25, -0.2) is 0 Å². The van der Waals surface area contributed by atoms with Crippen molar-refractivity contribution in [3.05, 3.63) is 60.4 Å². The maximum atomic E-state index is 10.6. The molecule has 0 radical (unpaired) electrons. The van der Waals surface area contributed by atoms with Crippen molar-refractivity contribution in [3.8, 4) is 5.88 Å². The van der Waals surface area contributed by atoms with E-state index in [4.69, 9.17) is 21.7 Å². The van der Waals surface area contributed by atoms with E-state index in [1.807, 2.05) is 36.4 Å². The molecule has 0 bridgehead atoms. The zero-order valence-corrected chi connectivity index (χ0v) is 17.7. The molecule has 0 unspecified atom stereocenters. The fourth-order valence-electron chi connectivity index (χ4n) is 3.38. The highest BCUT2D eigenvalue weighted by Gasteiger charge is 2.10. The SMILES string of the molecule is O=C(O)CCCCCn1c(O)c(/C=c2/cc/c(=c3\cccc4c3=CC=N4)o2)sc1=S. The van der Waals surface area contributed by atoms with Crippen molar-refractivity contribution >= 4 is 53.6 Å². The van der Waals surface area contributed by atoms with E-state index >= 15 is 0 Å². The van der Waals surface area contributed by atoms with Crippen LogP contribution in [0, 0.1) is 14.6 Å². The topological polar surface area (TPSA) is 88.0 Å². The maximum Gasteiger partial charge on any atom is 0.303 e. The molecule has 3 aromatic rings. The van der Waals surface area contributed by atoms with Crippen LogP contribution in [0.15, 0.2) is 39.7 Å². The Labute approximate surface area is 181 Å². The van der Waals surface area contributed by atoms with Gasteiger partial charge in [-0.05, 0) is 49.3 Å². The number of carboxylic acid groups (broad SMARTS) is 1. The Morgan fingerprint density at radius 3 is 2.93 bits per heavy atom. The van der Waals surface area contributed by atoms with Crippen LogP contribution in [-0.2, 0) is 11.3 Å². The monoisotopic (exact) mass is 440 g/mol. The van der Waals surface area contributed by atoms with Gasteiger partial charge >= 0.3 is 5.97 Å². The fourth-order valence-corrected chi connectivity index (χ4v) is 4.68. The first-order chi connectivity index (χ1) is 14.5. The number of carboxylic acids is 1. The highest BCUT2D eigenvalue weighted by atomic mass is 32.1. The van der Waals surface area contributed by atoms with Crippen LogP contribution in [0.3, 0.4) is 0 Å². The van der Waals surface area contributed by atoms with Gasteiger partial charge in [0, 0.05) is 35.7 Å². The lowest BCUT2D eigenvalue weighted by molar-refractivity contribution is -0.137. The molecule has 4 rings (SSSR count). The number of benzene rings is 1. The number of thiazole rings is 1. The Morgan fingerprint density at radius 2 is 2.10 bits per heavy atom. The third kappa shape index (κ3) is 4.29. The van der Waals surface area contributed by atoms with Gasteiger partial charge in [-0.15, -0.1) is 11.3 Å². The molecule has 2 N–H and O–H groups in total. The number of aliphatic carboxylic acids is 1. The number of carbonyl (C=O) groups is 1. The normalized spacial score (nSPS) is 14.1. The van der Waals surface area contributed by atoms with Gasteiger partial charge in [-0.1, -0.05) is 18.6 Å². The molecule has 1 aliphatic rings. The smallest absolute Gasteiger partial charge is 0.303 e. The van der Waals surface area contributed by atoms with E-state index in [9.17, 15) is 9.90 Å². The van der Waals surface area contributed by atoms with E-state index in [0.29, 0.717) is 27.2 Å². The largest absolute Gasteiger partial charge is 0.493 e. The van der Waals surface area contributed by atoms with Crippen molar-refractivity contribution in [2.45, 2.75) is 32.2 Å². The molecule has 0 atom stereocenters. The Kier molecular flexibility index (Phi) is 5.96. The van der Waals surface area contributed by atoms with Gasteiger partial charge in [0.1, 0.15) is 10.8 Å². The number of furan rings is 1. The number of rotatable bonds is 7. The molecule has 0 amide bonds. The zero-order chi connectivity index (χ0) is 21.1. The van der Waals surface area contributed by atoms with Crippen LogP contribution in [0.4, 0.5) is 5.69 Å². The molecule has 8 heteroatoms. The molecule has 0 saturated heterocycles. The second kappa shape index (κ2) is 8.81. The number of aromatic hydroxyl groups is 1. The summed E-state index contributed by atoms with van der Waals surface area (Å²) < 4.78 is 8.27. The van der Waals surface area contributed by atoms with Crippen molar-refractivity contribution in [2.24, 2.45) is 4.99 Å². The molecule has 30 heavy (non-hydrogen) atoms. The lowest BCUT2D eigenvalue weighted by Crippen LogP contribution is -2.01. The highest BCUT2D eigenvalue weighted by Crippen LogP contribution is 2.27. The molecule has 0 aliphatic carbocycles. The summed E-state index contributed by atoms with van der Waals surface area (Å²) in [7, 11) is 0. The minimum absolute atomic E-state index is 0.114. The first kappa shape index (κ1) is 20.3. The number of unbranched alkanes of at least 4 members (excludes halogenated alkanes) is 2. The van der Waals surface area contributed by atoms with Crippen molar-refractivity contribution in [1.82, 2.24) is 4.57 Å². The molecule has 1 aromatic carbocycles. The number of aliphatic imine (C=N–C) groups is 1. The van der Waals surface area contributed by atoms with E-state index in [-0.39, 0.29) is 12.3 Å². The van der Waals surface area contributed by atoms with Crippen molar-refractivity contribution in [2.75, 3.05) is 0 Å². The van der Waals surface area contributed by atoms with Gasteiger partial charge in [-0.3, -0.25) is 14.4 Å². The van der Waals surface area contributed by atoms with Crippen molar-refractivity contribution in [3.63, 3.8) is 0 Å². The quantitative estimate of drug-likeness (QED) is 0.431. The molecule has 1 aliphatic heterocycles. The van der Waals surface area contributed by atoms with Gasteiger partial charge in [0.05, 0.1) is 10.6 Å². The highest BCUT2D eigenvalue weighted by molar-refractivity contribution is 7.73. The lowest BCUT2D eigenvalue weighted by Gasteiger charge is -2.04. The zero-order valence-electron chi connectivity index (χ0n) is 16.1.